The minimum absolute atomic E-state index is 0.172. The summed E-state index contributed by atoms with van der Waals surface area (Å²) in [6.07, 6.45) is 18.2. The monoisotopic (exact) mass is 624 g/mol. The molecule has 9 atom stereocenters. The molecular formula is C36H68N2O4S. The molecule has 252 valence electrons. The highest BCUT2D eigenvalue weighted by Crippen LogP contribution is 2.61. The van der Waals surface area contributed by atoms with Gasteiger partial charge in [-0.15, -0.1) is 0 Å². The van der Waals surface area contributed by atoms with Crippen molar-refractivity contribution in [3.63, 3.8) is 0 Å². The SMILES string of the molecule is CCC(CCCC(C)(C)C)S(=O)(=O)NC(=O)NCCC[C@H]1CCC[C@H]2[C@@H]3[C@H](O)[C@H](CC)CCCCC[C@H](C)[C@H]3CC[C@]12C. The predicted octanol–water partition coefficient (Wildman–Crippen LogP) is 8.83. The maximum Gasteiger partial charge on any atom is 0.328 e. The van der Waals surface area contributed by atoms with Gasteiger partial charge in [-0.3, -0.25) is 0 Å². The third kappa shape index (κ3) is 9.83. The lowest BCUT2D eigenvalue weighted by atomic mass is 9.47. The molecule has 0 radical (unpaired) electrons. The van der Waals surface area contributed by atoms with E-state index in [9.17, 15) is 18.3 Å². The number of carbonyl (C=O) groups is 1. The molecule has 0 spiro atoms. The first kappa shape index (κ1) is 36.6. The first-order valence-corrected chi connectivity index (χ1v) is 19.8. The zero-order valence-electron chi connectivity index (χ0n) is 28.9. The Labute approximate surface area is 265 Å². The van der Waals surface area contributed by atoms with Crippen molar-refractivity contribution in [2.24, 2.45) is 46.3 Å². The van der Waals surface area contributed by atoms with Crippen LogP contribution in [0.15, 0.2) is 0 Å². The molecule has 3 rings (SSSR count). The molecule has 3 saturated carbocycles. The topological polar surface area (TPSA) is 95.5 Å². The van der Waals surface area contributed by atoms with Gasteiger partial charge >= 0.3 is 6.03 Å². The second-order valence-corrected chi connectivity index (χ2v) is 18.3. The zero-order chi connectivity index (χ0) is 31.8. The summed E-state index contributed by atoms with van der Waals surface area (Å²) in [6, 6.07) is -0.591. The molecule has 0 aromatic carbocycles. The van der Waals surface area contributed by atoms with E-state index < -0.39 is 21.3 Å². The van der Waals surface area contributed by atoms with Crippen LogP contribution in [0.3, 0.4) is 0 Å². The average molecular weight is 625 g/mol. The minimum atomic E-state index is -3.70. The van der Waals surface area contributed by atoms with Gasteiger partial charge in [0.2, 0.25) is 10.0 Å². The van der Waals surface area contributed by atoms with E-state index >= 15 is 0 Å². The van der Waals surface area contributed by atoms with Gasteiger partial charge < -0.3 is 10.4 Å². The van der Waals surface area contributed by atoms with Gasteiger partial charge in [-0.05, 0) is 111 Å². The number of rotatable bonds is 11. The van der Waals surface area contributed by atoms with Gasteiger partial charge in [-0.2, -0.15) is 0 Å². The highest BCUT2D eigenvalue weighted by atomic mass is 32.2. The van der Waals surface area contributed by atoms with Crippen LogP contribution in [-0.2, 0) is 10.0 Å². The van der Waals surface area contributed by atoms with Gasteiger partial charge in [-0.1, -0.05) is 93.4 Å². The molecular weight excluding hydrogens is 556 g/mol. The predicted molar refractivity (Wildman–Crippen MR) is 179 cm³/mol. The molecule has 2 amide bonds. The molecule has 0 aromatic heterocycles. The van der Waals surface area contributed by atoms with Crippen molar-refractivity contribution in [1.82, 2.24) is 10.0 Å². The Morgan fingerprint density at radius 2 is 1.72 bits per heavy atom. The highest BCUT2D eigenvalue weighted by Gasteiger charge is 2.54. The molecule has 0 aromatic rings. The fourth-order valence-corrected chi connectivity index (χ4v) is 11.0. The van der Waals surface area contributed by atoms with E-state index in [0.29, 0.717) is 54.9 Å². The molecule has 3 aliphatic carbocycles. The summed E-state index contributed by atoms with van der Waals surface area (Å²) in [5, 5.41) is 14.3. The minimum Gasteiger partial charge on any atom is -0.393 e. The number of hydrogen-bond acceptors (Lipinski definition) is 4. The Bertz CT molecular complexity index is 963. The average Bonchev–Trinajstić information content (AvgIpc) is 2.93. The van der Waals surface area contributed by atoms with Crippen LogP contribution in [0, 0.1) is 46.3 Å². The molecule has 1 unspecified atom stereocenters. The summed E-state index contributed by atoms with van der Waals surface area (Å²) in [4.78, 5) is 12.6. The number of urea groups is 1. The lowest BCUT2D eigenvalue weighted by Gasteiger charge is -2.59. The fourth-order valence-electron chi connectivity index (χ4n) is 9.60. The molecule has 6 nitrogen and oxygen atoms in total. The van der Waals surface area contributed by atoms with Crippen molar-refractivity contribution in [2.75, 3.05) is 6.54 Å². The summed E-state index contributed by atoms with van der Waals surface area (Å²) in [7, 11) is -3.70. The van der Waals surface area contributed by atoms with Crippen molar-refractivity contribution in [3.05, 3.63) is 0 Å². The molecule has 0 saturated heterocycles. The summed E-state index contributed by atoms with van der Waals surface area (Å²) in [6.45, 7) is 16.1. The fraction of sp³-hybridized carbons (Fsp3) is 0.972. The van der Waals surface area contributed by atoms with Crippen LogP contribution < -0.4 is 10.0 Å². The number of hydrogen-bond donors (Lipinski definition) is 3. The Balaban J connectivity index is 1.57. The van der Waals surface area contributed by atoms with Crippen molar-refractivity contribution in [1.29, 1.82) is 0 Å². The van der Waals surface area contributed by atoms with Gasteiger partial charge in [0, 0.05) is 6.54 Å². The van der Waals surface area contributed by atoms with E-state index in [2.05, 4.69) is 51.6 Å². The van der Waals surface area contributed by atoms with Crippen LogP contribution in [0.1, 0.15) is 158 Å². The number of nitrogens with one attached hydrogen (secondary N) is 2. The van der Waals surface area contributed by atoms with Crippen LogP contribution >= 0.6 is 0 Å². The third-order valence-corrected chi connectivity index (χ3v) is 14.2. The largest absolute Gasteiger partial charge is 0.393 e. The molecule has 0 aliphatic heterocycles. The Hall–Kier alpha value is -0.820. The van der Waals surface area contributed by atoms with E-state index in [-0.39, 0.29) is 16.9 Å². The van der Waals surface area contributed by atoms with Gasteiger partial charge in [0.1, 0.15) is 0 Å². The van der Waals surface area contributed by atoms with Crippen LogP contribution in [0.5, 0.6) is 0 Å². The molecule has 0 heterocycles. The van der Waals surface area contributed by atoms with E-state index in [0.717, 1.165) is 32.1 Å². The van der Waals surface area contributed by atoms with E-state index in [1.54, 1.807) is 0 Å². The Morgan fingerprint density at radius 1 is 1.00 bits per heavy atom. The molecule has 3 aliphatic rings. The number of aliphatic hydroxyl groups excluding tert-OH is 1. The lowest BCUT2D eigenvalue weighted by Crippen LogP contribution is -2.54. The Kier molecular flexibility index (Phi) is 13.8. The number of sulfonamides is 1. The molecule has 3 fully saturated rings. The van der Waals surface area contributed by atoms with E-state index in [4.69, 9.17) is 0 Å². The maximum absolute atomic E-state index is 12.9. The van der Waals surface area contributed by atoms with Crippen LogP contribution in [0.4, 0.5) is 4.79 Å². The standard InChI is InChI=1S/C36H68N2O4S/c1-8-27-17-12-10-11-16-26(3)30-22-24-36(7)28(18-13-21-31(36)32(30)33(27)39)19-15-25-37-34(40)38-43(41,42)29(9-2)20-14-23-35(4,5)6/h26-33,39H,8-25H2,1-7H3,(H2,37,38,40)/t26-,27+,28+,29?,30+,31-,32+,33+,36+/m0/s1. The van der Waals surface area contributed by atoms with E-state index in [1.165, 1.54) is 64.2 Å². The molecule has 3 N–H and O–H groups in total. The lowest BCUT2D eigenvalue weighted by molar-refractivity contribution is -0.131. The Morgan fingerprint density at radius 3 is 2.40 bits per heavy atom. The quantitative estimate of drug-likeness (QED) is 0.200. The smallest absolute Gasteiger partial charge is 0.328 e. The second-order valence-electron chi connectivity index (χ2n) is 16.3. The summed E-state index contributed by atoms with van der Waals surface area (Å²) < 4.78 is 28.1. The summed E-state index contributed by atoms with van der Waals surface area (Å²) >= 11 is 0. The first-order chi connectivity index (χ1) is 20.2. The van der Waals surface area contributed by atoms with Crippen LogP contribution in [0.25, 0.3) is 0 Å². The number of amides is 2. The van der Waals surface area contributed by atoms with Gasteiger partial charge in [0.25, 0.3) is 0 Å². The third-order valence-electron chi connectivity index (χ3n) is 12.3. The van der Waals surface area contributed by atoms with Gasteiger partial charge in [0.15, 0.2) is 0 Å². The molecule has 43 heavy (non-hydrogen) atoms. The molecule has 0 bridgehead atoms. The number of fused-ring (bicyclic) bond motifs is 3. The number of aliphatic hydroxyl groups is 1. The summed E-state index contributed by atoms with van der Waals surface area (Å²) in [5.41, 5.74) is 0.404. The van der Waals surface area contributed by atoms with Crippen LogP contribution in [0.2, 0.25) is 0 Å². The second kappa shape index (κ2) is 16.1. The van der Waals surface area contributed by atoms with Crippen molar-refractivity contribution < 1.29 is 18.3 Å². The normalized spacial score (nSPS) is 34.8. The first-order valence-electron chi connectivity index (χ1n) is 18.2. The highest BCUT2D eigenvalue weighted by molar-refractivity contribution is 7.90. The zero-order valence-corrected chi connectivity index (χ0v) is 29.7. The van der Waals surface area contributed by atoms with Crippen molar-refractivity contribution >= 4 is 16.1 Å². The van der Waals surface area contributed by atoms with Gasteiger partial charge in [0.05, 0.1) is 11.4 Å². The van der Waals surface area contributed by atoms with Gasteiger partial charge in [-0.25, -0.2) is 17.9 Å². The van der Waals surface area contributed by atoms with E-state index in [1.807, 2.05) is 6.92 Å². The van der Waals surface area contributed by atoms with Crippen LogP contribution in [-0.4, -0.2) is 37.5 Å². The van der Waals surface area contributed by atoms with Crippen molar-refractivity contribution in [3.8, 4) is 0 Å². The maximum atomic E-state index is 12.9. The summed E-state index contributed by atoms with van der Waals surface area (Å²) in [5.74, 6) is 3.30. The van der Waals surface area contributed by atoms with Crippen molar-refractivity contribution in [2.45, 2.75) is 169 Å². The number of carbonyl (C=O) groups excluding carboxylic acids is 1. The molecule has 7 heteroatoms.